The van der Waals surface area contributed by atoms with E-state index < -0.39 is 11.9 Å². The van der Waals surface area contributed by atoms with Crippen LogP contribution in [0.25, 0.3) is 22.4 Å². The van der Waals surface area contributed by atoms with Gasteiger partial charge in [0, 0.05) is 18.8 Å². The Bertz CT molecular complexity index is 1210. The molecule has 3 aromatic heterocycles. The standard InChI is InChI=1S/C18H15F3IN6OP/c1-10-24-13-7-23-28(30-22)15(13)17(25-10)29-9-11-3-5-12(6-4-11)16-26-14(8-27(16)2)18(19,20)21/h3-8,30H,9H2,1-2H3. The van der Waals surface area contributed by atoms with Gasteiger partial charge in [0.25, 0.3) is 0 Å². The number of aromatic nitrogens is 6. The van der Waals surface area contributed by atoms with E-state index in [0.717, 1.165) is 17.3 Å². The molecule has 156 valence electrons. The molecule has 0 aliphatic rings. The van der Waals surface area contributed by atoms with Gasteiger partial charge in [-0.2, -0.15) is 23.3 Å². The van der Waals surface area contributed by atoms with Gasteiger partial charge in [-0.3, -0.25) is 0 Å². The van der Waals surface area contributed by atoms with E-state index in [1.165, 1.54) is 11.6 Å². The van der Waals surface area contributed by atoms with Crippen LogP contribution in [-0.4, -0.2) is 29.1 Å². The number of aryl methyl sites for hydroxylation is 2. The van der Waals surface area contributed by atoms with Crippen LogP contribution in [0.5, 0.6) is 5.88 Å². The summed E-state index contributed by atoms with van der Waals surface area (Å²) in [4.78, 5) is 12.5. The summed E-state index contributed by atoms with van der Waals surface area (Å²) in [6.45, 7) is 2.03. The van der Waals surface area contributed by atoms with E-state index in [1.807, 2.05) is 0 Å². The van der Waals surface area contributed by atoms with E-state index in [0.29, 0.717) is 29.2 Å². The van der Waals surface area contributed by atoms with Crippen molar-refractivity contribution < 1.29 is 17.9 Å². The zero-order valence-electron chi connectivity index (χ0n) is 15.8. The molecule has 7 nitrogen and oxygen atoms in total. The molecule has 1 aromatic carbocycles. The first-order valence-corrected chi connectivity index (χ1v) is 12.7. The molecule has 1 unspecified atom stereocenters. The number of halogens is 4. The maximum atomic E-state index is 12.9. The summed E-state index contributed by atoms with van der Waals surface area (Å²) < 4.78 is 47.7. The number of alkyl halides is 3. The molecule has 3 heterocycles. The molecule has 0 bridgehead atoms. The fourth-order valence-corrected chi connectivity index (χ4v) is 4.45. The molecule has 0 spiro atoms. The van der Waals surface area contributed by atoms with Crippen molar-refractivity contribution >= 4 is 39.4 Å². The van der Waals surface area contributed by atoms with Crippen molar-refractivity contribution in [2.45, 2.75) is 19.7 Å². The number of hydrogen-bond donors (Lipinski definition) is 0. The lowest BCUT2D eigenvalue weighted by Crippen LogP contribution is -2.04. The van der Waals surface area contributed by atoms with Gasteiger partial charge in [0.2, 0.25) is 5.88 Å². The van der Waals surface area contributed by atoms with Crippen LogP contribution in [0.2, 0.25) is 0 Å². The van der Waals surface area contributed by atoms with Crippen LogP contribution in [-0.2, 0) is 19.8 Å². The second-order valence-electron chi connectivity index (χ2n) is 6.49. The van der Waals surface area contributed by atoms with Gasteiger partial charge in [-0.25, -0.2) is 14.4 Å². The molecule has 30 heavy (non-hydrogen) atoms. The Morgan fingerprint density at radius 3 is 2.50 bits per heavy atom. The quantitative estimate of drug-likeness (QED) is 0.263. The number of imidazole rings is 1. The minimum atomic E-state index is -4.48. The molecule has 1 atom stereocenters. The van der Waals surface area contributed by atoms with E-state index in [1.54, 1.807) is 41.8 Å². The lowest BCUT2D eigenvalue weighted by molar-refractivity contribution is -0.140. The lowest BCUT2D eigenvalue weighted by Gasteiger charge is -2.09. The second-order valence-corrected chi connectivity index (χ2v) is 8.53. The third kappa shape index (κ3) is 4.13. The van der Waals surface area contributed by atoms with E-state index >= 15 is 0 Å². The van der Waals surface area contributed by atoms with Crippen LogP contribution in [0.4, 0.5) is 13.2 Å². The van der Waals surface area contributed by atoms with Crippen LogP contribution >= 0.6 is 28.4 Å². The Kier molecular flexibility index (Phi) is 5.67. The highest BCUT2D eigenvalue weighted by Gasteiger charge is 2.34. The summed E-state index contributed by atoms with van der Waals surface area (Å²) in [5, 5.41) is 4.29. The number of nitrogens with zero attached hydrogens (tertiary/aromatic N) is 6. The van der Waals surface area contributed by atoms with E-state index in [9.17, 15) is 13.2 Å². The number of fused-ring (bicyclic) bond motifs is 1. The Balaban J connectivity index is 1.55. The Morgan fingerprint density at radius 1 is 1.13 bits per heavy atom. The Labute approximate surface area is 184 Å². The third-order valence-corrected chi connectivity index (χ3v) is 6.20. The minimum absolute atomic E-state index is 0.245. The summed E-state index contributed by atoms with van der Waals surface area (Å²) in [5.74, 6) is 1.27. The number of benzene rings is 1. The molecule has 0 radical (unpaired) electrons. The van der Waals surface area contributed by atoms with Crippen molar-refractivity contribution in [3.63, 3.8) is 0 Å². The topological polar surface area (TPSA) is 70.7 Å². The Morgan fingerprint density at radius 2 is 1.87 bits per heavy atom. The number of rotatable bonds is 5. The van der Waals surface area contributed by atoms with Crippen molar-refractivity contribution in [2.24, 2.45) is 7.05 Å². The summed E-state index contributed by atoms with van der Waals surface area (Å²) in [7, 11) is 1.54. The summed E-state index contributed by atoms with van der Waals surface area (Å²) >= 11 is 2.22. The van der Waals surface area contributed by atoms with Gasteiger partial charge in [0.05, 0.1) is 12.6 Å². The molecule has 0 saturated heterocycles. The van der Waals surface area contributed by atoms with Crippen LogP contribution < -0.4 is 4.74 Å². The molecule has 4 rings (SSSR count). The van der Waals surface area contributed by atoms with Gasteiger partial charge >= 0.3 is 6.18 Å². The zero-order chi connectivity index (χ0) is 21.5. The molecule has 0 amide bonds. The van der Waals surface area contributed by atoms with E-state index in [2.05, 4.69) is 42.1 Å². The second kappa shape index (κ2) is 8.10. The largest absolute Gasteiger partial charge is 0.471 e. The average Bonchev–Trinajstić information content (AvgIpc) is 3.29. The fourth-order valence-electron chi connectivity index (χ4n) is 2.96. The van der Waals surface area contributed by atoms with Crippen LogP contribution in [0, 0.1) is 6.92 Å². The molecule has 0 fully saturated rings. The van der Waals surface area contributed by atoms with Gasteiger partial charge in [-0.05, 0) is 34.5 Å². The van der Waals surface area contributed by atoms with Gasteiger partial charge in [-0.15, -0.1) is 0 Å². The number of hydrogen-bond acceptors (Lipinski definition) is 5. The SMILES string of the molecule is Cc1nc(OCc2ccc(-c3nc(C(F)(F)F)cn3C)cc2)c2c(cnn2PI)n1. The van der Waals surface area contributed by atoms with Crippen molar-refractivity contribution in [2.75, 3.05) is 0 Å². The minimum Gasteiger partial charge on any atom is -0.471 e. The average molecular weight is 546 g/mol. The van der Waals surface area contributed by atoms with Crippen molar-refractivity contribution in [1.82, 2.24) is 29.1 Å². The lowest BCUT2D eigenvalue weighted by atomic mass is 10.1. The maximum absolute atomic E-state index is 12.9. The van der Waals surface area contributed by atoms with Gasteiger partial charge < -0.3 is 9.30 Å². The fraction of sp³-hybridized carbons (Fsp3) is 0.222. The van der Waals surface area contributed by atoms with Crippen LogP contribution in [0.1, 0.15) is 17.1 Å². The summed E-state index contributed by atoms with van der Waals surface area (Å²) in [5.41, 5.74) is 1.96. The molecule has 12 heteroatoms. The van der Waals surface area contributed by atoms with Gasteiger partial charge in [-0.1, -0.05) is 24.3 Å². The van der Waals surface area contributed by atoms with Crippen molar-refractivity contribution in [1.29, 1.82) is 0 Å². The molecular formula is C18H15F3IN6OP. The third-order valence-electron chi connectivity index (χ3n) is 4.33. The van der Waals surface area contributed by atoms with Crippen molar-refractivity contribution in [3.8, 4) is 17.3 Å². The van der Waals surface area contributed by atoms with Crippen molar-refractivity contribution in [3.05, 3.63) is 53.7 Å². The monoisotopic (exact) mass is 546 g/mol. The molecule has 0 aliphatic heterocycles. The van der Waals surface area contributed by atoms with E-state index in [-0.39, 0.29) is 12.4 Å². The van der Waals surface area contributed by atoms with E-state index in [4.69, 9.17) is 4.74 Å². The highest BCUT2D eigenvalue weighted by Crippen LogP contribution is 2.33. The Hall–Kier alpha value is -2.27. The molecule has 0 saturated carbocycles. The van der Waals surface area contributed by atoms with Gasteiger partial charge in [0.15, 0.2) is 11.2 Å². The van der Waals surface area contributed by atoms with Gasteiger partial charge in [0.1, 0.15) is 23.8 Å². The molecule has 0 aliphatic carbocycles. The molecule has 4 aromatic rings. The number of ether oxygens (including phenoxy) is 1. The summed E-state index contributed by atoms with van der Waals surface area (Å²) in [6, 6.07) is 7.02. The van der Waals surface area contributed by atoms with Crippen LogP contribution in [0.15, 0.2) is 36.7 Å². The first-order valence-electron chi connectivity index (χ1n) is 8.68. The van der Waals surface area contributed by atoms with Crippen LogP contribution in [0.3, 0.4) is 0 Å². The normalized spacial score (nSPS) is 12.3. The predicted molar refractivity (Wildman–Crippen MR) is 116 cm³/mol. The smallest absolute Gasteiger partial charge is 0.434 e. The summed E-state index contributed by atoms with van der Waals surface area (Å²) in [6.07, 6.45) is -1.44. The first-order chi connectivity index (χ1) is 14.3. The maximum Gasteiger partial charge on any atom is 0.434 e. The highest BCUT2D eigenvalue weighted by atomic mass is 127. The first kappa shape index (κ1) is 21.0. The predicted octanol–water partition coefficient (Wildman–Crippen LogP) is 4.92. The zero-order valence-corrected chi connectivity index (χ0v) is 18.9. The highest BCUT2D eigenvalue weighted by molar-refractivity contribution is 14.2. The molecular weight excluding hydrogens is 531 g/mol. The molecule has 0 N–H and O–H groups in total.